The lowest BCUT2D eigenvalue weighted by atomic mass is 9.69. The van der Waals surface area contributed by atoms with E-state index in [4.69, 9.17) is 4.74 Å². The first-order chi connectivity index (χ1) is 11.4. The summed E-state index contributed by atoms with van der Waals surface area (Å²) in [5.74, 6) is -0.0528. The predicted molar refractivity (Wildman–Crippen MR) is 95.1 cm³/mol. The summed E-state index contributed by atoms with van der Waals surface area (Å²) in [6.07, 6.45) is 0.926. The third-order valence-electron chi connectivity index (χ3n) is 5.50. The second-order valence-electron chi connectivity index (χ2n) is 7.68. The Labute approximate surface area is 145 Å². The summed E-state index contributed by atoms with van der Waals surface area (Å²) in [6.45, 7) is 11.5. The van der Waals surface area contributed by atoms with Crippen LogP contribution in [-0.2, 0) is 4.74 Å². The number of aliphatic hydroxyl groups is 1. The molecule has 0 radical (unpaired) electrons. The lowest BCUT2D eigenvalue weighted by Crippen LogP contribution is -3.12. The topological polar surface area (TPSA) is 51.0 Å². The third-order valence-corrected chi connectivity index (χ3v) is 5.50. The van der Waals surface area contributed by atoms with E-state index in [9.17, 15) is 9.90 Å². The highest BCUT2D eigenvalue weighted by molar-refractivity contribution is 5.89. The molecule has 0 aromatic heterocycles. The van der Waals surface area contributed by atoms with Crippen molar-refractivity contribution in [2.45, 2.75) is 52.7 Å². The van der Waals surface area contributed by atoms with Crippen molar-refractivity contribution < 1.29 is 19.5 Å². The number of esters is 1. The second-order valence-corrected chi connectivity index (χ2v) is 7.68. The SMILES string of the molecule is CC[NH+](CC)C[C@@H]1C[C@H](O)C(C)(C)C[C@@H]1OC(=O)c1ccccc1. The highest BCUT2D eigenvalue weighted by Crippen LogP contribution is 2.39. The Kier molecular flexibility index (Phi) is 6.41. The monoisotopic (exact) mass is 334 g/mol. The number of rotatable bonds is 6. The average molecular weight is 334 g/mol. The molecule has 0 saturated heterocycles. The van der Waals surface area contributed by atoms with Crippen molar-refractivity contribution in [1.82, 2.24) is 0 Å². The van der Waals surface area contributed by atoms with Crippen molar-refractivity contribution in [2.24, 2.45) is 11.3 Å². The van der Waals surface area contributed by atoms with Gasteiger partial charge in [-0.3, -0.25) is 0 Å². The first-order valence-electron chi connectivity index (χ1n) is 9.15. The fourth-order valence-electron chi connectivity index (χ4n) is 3.62. The molecule has 4 heteroatoms. The molecule has 3 atom stereocenters. The van der Waals surface area contributed by atoms with Crippen LogP contribution < -0.4 is 4.90 Å². The molecule has 0 bridgehead atoms. The Bertz CT molecular complexity index is 523. The van der Waals surface area contributed by atoms with E-state index in [0.29, 0.717) is 18.4 Å². The smallest absolute Gasteiger partial charge is 0.338 e. The van der Waals surface area contributed by atoms with Crippen molar-refractivity contribution >= 4 is 5.97 Å². The molecule has 0 unspecified atom stereocenters. The largest absolute Gasteiger partial charge is 0.458 e. The van der Waals surface area contributed by atoms with Gasteiger partial charge in [0.15, 0.2) is 0 Å². The van der Waals surface area contributed by atoms with Crippen LogP contribution in [-0.4, -0.2) is 42.9 Å². The van der Waals surface area contributed by atoms with E-state index < -0.39 is 0 Å². The standard InChI is InChI=1S/C20H31NO3/c1-5-21(6-2)14-16-12-18(22)20(3,4)13-17(16)24-19(23)15-10-8-7-9-11-15/h7-11,16-18,22H,5-6,12-14H2,1-4H3/p+1/t16-,17-,18-/m0/s1. The van der Waals surface area contributed by atoms with Crippen molar-refractivity contribution in [3.05, 3.63) is 35.9 Å². The van der Waals surface area contributed by atoms with Crippen LogP contribution in [0.4, 0.5) is 0 Å². The van der Waals surface area contributed by atoms with Gasteiger partial charge in [0.25, 0.3) is 0 Å². The minimum absolute atomic E-state index is 0.135. The molecule has 1 aromatic rings. The minimum Gasteiger partial charge on any atom is -0.458 e. The van der Waals surface area contributed by atoms with Crippen molar-refractivity contribution in [3.8, 4) is 0 Å². The van der Waals surface area contributed by atoms with E-state index >= 15 is 0 Å². The van der Waals surface area contributed by atoms with Crippen LogP contribution in [0.5, 0.6) is 0 Å². The van der Waals surface area contributed by atoms with Crippen LogP contribution in [0.3, 0.4) is 0 Å². The van der Waals surface area contributed by atoms with Gasteiger partial charge in [0.1, 0.15) is 6.10 Å². The Balaban J connectivity index is 2.13. The molecule has 0 spiro atoms. The molecule has 0 amide bonds. The molecule has 2 N–H and O–H groups in total. The Morgan fingerprint density at radius 2 is 1.88 bits per heavy atom. The first-order valence-corrected chi connectivity index (χ1v) is 9.15. The molecule has 1 aromatic carbocycles. The Morgan fingerprint density at radius 1 is 1.25 bits per heavy atom. The number of hydrogen-bond donors (Lipinski definition) is 2. The van der Waals surface area contributed by atoms with Gasteiger partial charge in [0.05, 0.1) is 31.3 Å². The van der Waals surface area contributed by atoms with Crippen molar-refractivity contribution in [2.75, 3.05) is 19.6 Å². The summed E-state index contributed by atoms with van der Waals surface area (Å²) in [7, 11) is 0. The normalized spacial score (nSPS) is 26.3. The van der Waals surface area contributed by atoms with Crippen LogP contribution >= 0.6 is 0 Å². The second kappa shape index (κ2) is 8.13. The summed E-state index contributed by atoms with van der Waals surface area (Å²) in [4.78, 5) is 14.0. The summed E-state index contributed by atoms with van der Waals surface area (Å²) in [5, 5.41) is 10.5. The molecule has 2 rings (SSSR count). The average Bonchev–Trinajstić information content (AvgIpc) is 2.57. The quantitative estimate of drug-likeness (QED) is 0.782. The maximum absolute atomic E-state index is 12.5. The number of aliphatic hydroxyl groups excluding tert-OH is 1. The molecule has 1 aliphatic rings. The highest BCUT2D eigenvalue weighted by Gasteiger charge is 2.44. The van der Waals surface area contributed by atoms with Gasteiger partial charge in [-0.05, 0) is 44.2 Å². The van der Waals surface area contributed by atoms with E-state index in [0.717, 1.165) is 19.6 Å². The maximum Gasteiger partial charge on any atom is 0.338 e. The van der Waals surface area contributed by atoms with Gasteiger partial charge < -0.3 is 14.7 Å². The maximum atomic E-state index is 12.5. The van der Waals surface area contributed by atoms with Gasteiger partial charge >= 0.3 is 5.97 Å². The van der Waals surface area contributed by atoms with Gasteiger partial charge in [-0.2, -0.15) is 0 Å². The van der Waals surface area contributed by atoms with E-state index in [1.807, 2.05) is 18.2 Å². The van der Waals surface area contributed by atoms with Gasteiger partial charge in [0, 0.05) is 5.92 Å². The molecule has 1 fully saturated rings. The zero-order valence-corrected chi connectivity index (χ0v) is 15.4. The van der Waals surface area contributed by atoms with Gasteiger partial charge in [-0.25, -0.2) is 4.79 Å². The molecule has 24 heavy (non-hydrogen) atoms. The number of benzene rings is 1. The van der Waals surface area contributed by atoms with Crippen LogP contribution in [0.2, 0.25) is 0 Å². The van der Waals surface area contributed by atoms with Gasteiger partial charge in [-0.15, -0.1) is 0 Å². The minimum atomic E-state index is -0.343. The number of quaternary nitrogens is 1. The fourth-order valence-corrected chi connectivity index (χ4v) is 3.62. The van der Waals surface area contributed by atoms with Gasteiger partial charge in [0.2, 0.25) is 0 Å². The Morgan fingerprint density at radius 3 is 2.46 bits per heavy atom. The van der Waals surface area contributed by atoms with E-state index in [1.54, 1.807) is 12.1 Å². The van der Waals surface area contributed by atoms with Crippen molar-refractivity contribution in [3.63, 3.8) is 0 Å². The molecule has 0 aliphatic heterocycles. The van der Waals surface area contributed by atoms with E-state index in [-0.39, 0.29) is 29.5 Å². The van der Waals surface area contributed by atoms with Crippen LogP contribution in [0.15, 0.2) is 30.3 Å². The molecular weight excluding hydrogens is 302 g/mol. The summed E-state index contributed by atoms with van der Waals surface area (Å²) >= 11 is 0. The van der Waals surface area contributed by atoms with Crippen LogP contribution in [0.25, 0.3) is 0 Å². The third kappa shape index (κ3) is 4.58. The molecular formula is C20H32NO3+. The zero-order chi connectivity index (χ0) is 17.7. The lowest BCUT2D eigenvalue weighted by molar-refractivity contribution is -0.900. The molecule has 134 valence electrons. The van der Waals surface area contributed by atoms with E-state index in [1.165, 1.54) is 4.90 Å². The highest BCUT2D eigenvalue weighted by atomic mass is 16.5. The van der Waals surface area contributed by atoms with Crippen LogP contribution in [0.1, 0.15) is 50.9 Å². The molecule has 4 nitrogen and oxygen atoms in total. The lowest BCUT2D eigenvalue weighted by Gasteiger charge is -2.44. The summed E-state index contributed by atoms with van der Waals surface area (Å²) < 4.78 is 5.90. The zero-order valence-electron chi connectivity index (χ0n) is 15.4. The van der Waals surface area contributed by atoms with E-state index in [2.05, 4.69) is 27.7 Å². The first kappa shape index (κ1) is 18.9. The molecule has 1 saturated carbocycles. The number of carbonyl (C=O) groups is 1. The fraction of sp³-hybridized carbons (Fsp3) is 0.650. The van der Waals surface area contributed by atoms with Gasteiger partial charge in [-0.1, -0.05) is 32.0 Å². The van der Waals surface area contributed by atoms with Crippen molar-refractivity contribution in [1.29, 1.82) is 0 Å². The number of nitrogens with one attached hydrogen (secondary N) is 1. The van der Waals surface area contributed by atoms with Crippen LogP contribution in [0, 0.1) is 11.3 Å². The number of hydrogen-bond acceptors (Lipinski definition) is 3. The number of ether oxygens (including phenoxy) is 1. The summed E-state index contributed by atoms with van der Waals surface area (Å²) in [6, 6.07) is 9.17. The molecule has 1 aliphatic carbocycles. The summed E-state index contributed by atoms with van der Waals surface area (Å²) in [5.41, 5.74) is 0.367. The molecule has 0 heterocycles. The predicted octanol–water partition coefficient (Wildman–Crippen LogP) is 1.93. The number of carbonyl (C=O) groups excluding carboxylic acids is 1. The Hall–Kier alpha value is -1.39.